The predicted molar refractivity (Wildman–Crippen MR) is 86.4 cm³/mol. The summed E-state index contributed by atoms with van der Waals surface area (Å²) in [6, 6.07) is 3.62. The van der Waals surface area contributed by atoms with E-state index in [1.807, 2.05) is 6.07 Å². The first kappa shape index (κ1) is 17.0. The van der Waals surface area contributed by atoms with Crippen LogP contribution in [-0.2, 0) is 6.42 Å². The Hall–Kier alpha value is -2.37. The number of aryl methyl sites for hydroxylation is 1. The number of furan rings is 1. The van der Waals surface area contributed by atoms with Crippen molar-refractivity contribution in [3.05, 3.63) is 41.9 Å². The van der Waals surface area contributed by atoms with Crippen molar-refractivity contribution in [2.75, 3.05) is 6.54 Å². The van der Waals surface area contributed by atoms with Crippen molar-refractivity contribution in [3.8, 4) is 0 Å². The largest absolute Gasteiger partial charge is 0.469 e. The van der Waals surface area contributed by atoms with Crippen LogP contribution < -0.4 is 5.32 Å². The minimum atomic E-state index is -0.272. The van der Waals surface area contributed by atoms with E-state index in [2.05, 4.69) is 22.2 Å². The summed E-state index contributed by atoms with van der Waals surface area (Å²) >= 11 is 0. The van der Waals surface area contributed by atoms with E-state index in [1.54, 1.807) is 12.3 Å². The minimum absolute atomic E-state index is 0.0871. The molecule has 2 N–H and O–H groups in total. The predicted octanol–water partition coefficient (Wildman–Crippen LogP) is 3.13. The Morgan fingerprint density at radius 3 is 2.91 bits per heavy atom. The molecule has 2 aromatic heterocycles. The quantitative estimate of drug-likeness (QED) is 0.520. The molecule has 0 bridgehead atoms. The van der Waals surface area contributed by atoms with Gasteiger partial charge < -0.3 is 14.7 Å². The second kappa shape index (κ2) is 8.92. The highest BCUT2D eigenvalue weighted by atomic mass is 16.3. The number of aromatic nitrogens is 2. The van der Waals surface area contributed by atoms with Gasteiger partial charge in [-0.2, -0.15) is 0 Å². The maximum absolute atomic E-state index is 12.1. The van der Waals surface area contributed by atoms with E-state index in [0.717, 1.165) is 25.0 Å². The number of rotatable bonds is 10. The van der Waals surface area contributed by atoms with Gasteiger partial charge in [-0.25, -0.2) is 4.98 Å². The Morgan fingerprint density at radius 1 is 1.30 bits per heavy atom. The number of H-pyrrole nitrogens is 1. The van der Waals surface area contributed by atoms with Crippen LogP contribution in [-0.4, -0.2) is 28.2 Å². The van der Waals surface area contributed by atoms with Gasteiger partial charge in [0.25, 0.3) is 5.91 Å². The van der Waals surface area contributed by atoms with Crippen molar-refractivity contribution < 1.29 is 14.0 Å². The standard InChI is InChI=1S/C17H23N3O3/c1-2-3-4-5-10-18-17(22)16-19-12-14(20-16)15(21)9-8-13-7-6-11-23-13/h6-7,11-12H,2-5,8-10H2,1H3,(H,18,22)(H,19,20). The second-order valence-electron chi connectivity index (χ2n) is 5.46. The van der Waals surface area contributed by atoms with Gasteiger partial charge in [-0.3, -0.25) is 9.59 Å². The maximum Gasteiger partial charge on any atom is 0.287 e. The number of ketones is 1. The number of carbonyl (C=O) groups is 2. The highest BCUT2D eigenvalue weighted by Crippen LogP contribution is 2.08. The van der Waals surface area contributed by atoms with Crippen molar-refractivity contribution in [2.24, 2.45) is 0 Å². The monoisotopic (exact) mass is 317 g/mol. The SMILES string of the molecule is CCCCCCNC(=O)c1ncc(C(=O)CCc2ccco2)[nH]1. The van der Waals surface area contributed by atoms with Gasteiger partial charge in [-0.05, 0) is 18.6 Å². The number of hydrogen-bond donors (Lipinski definition) is 2. The molecule has 124 valence electrons. The molecule has 6 heteroatoms. The van der Waals surface area contributed by atoms with Crippen molar-refractivity contribution in [3.63, 3.8) is 0 Å². The zero-order valence-corrected chi connectivity index (χ0v) is 13.4. The number of nitrogens with one attached hydrogen (secondary N) is 2. The first-order valence-electron chi connectivity index (χ1n) is 8.09. The lowest BCUT2D eigenvalue weighted by molar-refractivity contribution is 0.0943. The van der Waals surface area contributed by atoms with Crippen LogP contribution in [0.1, 0.15) is 65.9 Å². The van der Waals surface area contributed by atoms with Gasteiger partial charge in [0.15, 0.2) is 11.6 Å². The molecule has 0 aliphatic rings. The summed E-state index contributed by atoms with van der Waals surface area (Å²) in [4.78, 5) is 30.8. The van der Waals surface area contributed by atoms with Crippen molar-refractivity contribution >= 4 is 11.7 Å². The lowest BCUT2D eigenvalue weighted by Crippen LogP contribution is -2.25. The molecular weight excluding hydrogens is 294 g/mol. The average Bonchev–Trinajstić information content (AvgIpc) is 3.23. The van der Waals surface area contributed by atoms with Crippen LogP contribution in [0.15, 0.2) is 29.0 Å². The first-order chi connectivity index (χ1) is 11.2. The van der Waals surface area contributed by atoms with Gasteiger partial charge in [0.1, 0.15) is 11.5 Å². The number of imidazole rings is 1. The van der Waals surface area contributed by atoms with E-state index >= 15 is 0 Å². The lowest BCUT2D eigenvalue weighted by Gasteiger charge is -2.02. The molecule has 0 radical (unpaired) electrons. The molecule has 0 saturated heterocycles. The highest BCUT2D eigenvalue weighted by molar-refractivity contribution is 5.96. The molecule has 0 aromatic carbocycles. The average molecular weight is 317 g/mol. The molecule has 0 aliphatic carbocycles. The minimum Gasteiger partial charge on any atom is -0.469 e. The number of unbranched alkanes of at least 4 members (excludes halogenated alkanes) is 3. The summed E-state index contributed by atoms with van der Waals surface area (Å²) in [6.45, 7) is 2.77. The van der Waals surface area contributed by atoms with Crippen LogP contribution in [0.4, 0.5) is 0 Å². The number of carbonyl (C=O) groups excluding carboxylic acids is 2. The molecule has 2 heterocycles. The summed E-state index contributed by atoms with van der Waals surface area (Å²) in [5, 5.41) is 2.81. The molecule has 0 unspecified atom stereocenters. The van der Waals surface area contributed by atoms with E-state index in [-0.39, 0.29) is 17.5 Å². The summed E-state index contributed by atoms with van der Waals surface area (Å²) < 4.78 is 5.19. The van der Waals surface area contributed by atoms with Crippen LogP contribution >= 0.6 is 0 Å². The Bertz CT molecular complexity index is 617. The zero-order valence-electron chi connectivity index (χ0n) is 13.4. The molecule has 0 atom stereocenters. The Kier molecular flexibility index (Phi) is 6.59. The Balaban J connectivity index is 1.77. The summed E-state index contributed by atoms with van der Waals surface area (Å²) in [6.07, 6.45) is 8.23. The molecule has 23 heavy (non-hydrogen) atoms. The van der Waals surface area contributed by atoms with Crippen LogP contribution in [0, 0.1) is 0 Å². The number of Topliss-reactive ketones (excluding diaryl/α,β-unsaturated/α-hetero) is 1. The number of aromatic amines is 1. The lowest BCUT2D eigenvalue weighted by atomic mass is 10.1. The third-order valence-electron chi connectivity index (χ3n) is 3.59. The Morgan fingerprint density at radius 2 is 2.17 bits per heavy atom. The fourth-order valence-electron chi connectivity index (χ4n) is 2.24. The molecule has 1 amide bonds. The Labute approximate surface area is 135 Å². The summed E-state index contributed by atoms with van der Waals surface area (Å²) in [7, 11) is 0. The molecule has 2 rings (SSSR count). The van der Waals surface area contributed by atoms with E-state index in [4.69, 9.17) is 4.42 Å². The maximum atomic E-state index is 12.1. The molecule has 0 spiro atoms. The molecular formula is C17H23N3O3. The van der Waals surface area contributed by atoms with Crippen molar-refractivity contribution in [1.82, 2.24) is 15.3 Å². The summed E-state index contributed by atoms with van der Waals surface area (Å²) in [5.74, 6) is 0.590. The van der Waals surface area contributed by atoms with Crippen LogP contribution in [0.3, 0.4) is 0 Å². The highest BCUT2D eigenvalue weighted by Gasteiger charge is 2.14. The van der Waals surface area contributed by atoms with Crippen molar-refractivity contribution in [2.45, 2.75) is 45.4 Å². The fraction of sp³-hybridized carbons (Fsp3) is 0.471. The topological polar surface area (TPSA) is 88.0 Å². The molecule has 2 aromatic rings. The normalized spacial score (nSPS) is 10.7. The summed E-state index contributed by atoms with van der Waals surface area (Å²) in [5.41, 5.74) is 0.354. The fourth-order valence-corrected chi connectivity index (χ4v) is 2.24. The second-order valence-corrected chi connectivity index (χ2v) is 5.46. The van der Waals surface area contributed by atoms with Gasteiger partial charge in [-0.15, -0.1) is 0 Å². The van der Waals surface area contributed by atoms with E-state index in [9.17, 15) is 9.59 Å². The molecule has 0 saturated carbocycles. The molecule has 0 aliphatic heterocycles. The third kappa shape index (κ3) is 5.39. The van der Waals surface area contributed by atoms with Gasteiger partial charge in [0.05, 0.1) is 12.5 Å². The van der Waals surface area contributed by atoms with E-state index in [1.165, 1.54) is 12.6 Å². The van der Waals surface area contributed by atoms with E-state index < -0.39 is 0 Å². The van der Waals surface area contributed by atoms with Crippen molar-refractivity contribution in [1.29, 1.82) is 0 Å². The third-order valence-corrected chi connectivity index (χ3v) is 3.59. The smallest absolute Gasteiger partial charge is 0.287 e. The van der Waals surface area contributed by atoms with Crippen LogP contribution in [0.25, 0.3) is 0 Å². The molecule has 0 fully saturated rings. The number of amides is 1. The van der Waals surface area contributed by atoms with Crippen LogP contribution in [0.5, 0.6) is 0 Å². The van der Waals surface area contributed by atoms with Gasteiger partial charge in [0, 0.05) is 19.4 Å². The van der Waals surface area contributed by atoms with Gasteiger partial charge in [0.2, 0.25) is 0 Å². The van der Waals surface area contributed by atoms with E-state index in [0.29, 0.717) is 25.1 Å². The van der Waals surface area contributed by atoms with Crippen LogP contribution in [0.2, 0.25) is 0 Å². The van der Waals surface area contributed by atoms with Gasteiger partial charge >= 0.3 is 0 Å². The molecule has 6 nitrogen and oxygen atoms in total. The van der Waals surface area contributed by atoms with Gasteiger partial charge in [-0.1, -0.05) is 26.2 Å². The number of hydrogen-bond acceptors (Lipinski definition) is 4. The zero-order chi connectivity index (χ0) is 16.5. The number of nitrogens with zero attached hydrogens (tertiary/aromatic N) is 1. The first-order valence-corrected chi connectivity index (χ1v) is 8.09.